The van der Waals surface area contributed by atoms with Gasteiger partial charge in [-0.2, -0.15) is 5.10 Å². The van der Waals surface area contributed by atoms with E-state index in [-0.39, 0.29) is 17.8 Å². The Bertz CT molecular complexity index is 635. The lowest BCUT2D eigenvalue weighted by Gasteiger charge is -2.34. The van der Waals surface area contributed by atoms with Crippen molar-refractivity contribution in [2.24, 2.45) is 17.8 Å². The van der Waals surface area contributed by atoms with Gasteiger partial charge in [0.15, 0.2) is 0 Å². The Hall–Kier alpha value is -1.95. The number of allylic oxidation sites excluding steroid dienone is 4. The van der Waals surface area contributed by atoms with E-state index in [1.54, 1.807) is 11.0 Å². The molecular weight excluding hydrogens is 330 g/mol. The third-order valence-corrected chi connectivity index (χ3v) is 5.20. The zero-order valence-corrected chi connectivity index (χ0v) is 16.3. The monoisotopic (exact) mass is 361 g/mol. The lowest BCUT2D eigenvalue weighted by molar-refractivity contribution is -0.145. The van der Waals surface area contributed by atoms with E-state index < -0.39 is 5.60 Å². The maximum Gasteiger partial charge on any atom is 0.308 e. The Morgan fingerprint density at radius 1 is 1.50 bits per heavy atom. The Kier molecular flexibility index (Phi) is 7.14. The Balaban J connectivity index is 2.11. The number of hydrogen-bond donors (Lipinski definition) is 1. The molecule has 6 nitrogen and oxygen atoms in total. The van der Waals surface area contributed by atoms with E-state index in [2.05, 4.69) is 35.2 Å². The number of nitrogens with zero attached hydrogens (tertiary/aromatic N) is 3. The number of hydrogen-bond acceptors (Lipinski definition) is 5. The van der Waals surface area contributed by atoms with Gasteiger partial charge in [-0.05, 0) is 44.4 Å². The van der Waals surface area contributed by atoms with Crippen LogP contribution in [0.2, 0.25) is 0 Å². The fourth-order valence-corrected chi connectivity index (χ4v) is 3.52. The van der Waals surface area contributed by atoms with Crippen molar-refractivity contribution in [3.8, 4) is 0 Å². The predicted octanol–water partition coefficient (Wildman–Crippen LogP) is 3.15. The topological polar surface area (TPSA) is 77.2 Å². The molecule has 0 saturated carbocycles. The van der Waals surface area contributed by atoms with Crippen molar-refractivity contribution in [3.05, 3.63) is 36.5 Å². The zero-order chi connectivity index (χ0) is 19.2. The quantitative estimate of drug-likeness (QED) is 0.684. The molecule has 0 aromatic carbocycles. The first-order chi connectivity index (χ1) is 12.3. The van der Waals surface area contributed by atoms with Crippen molar-refractivity contribution in [1.29, 1.82) is 0 Å². The summed E-state index contributed by atoms with van der Waals surface area (Å²) >= 11 is 0. The maximum atomic E-state index is 11.7. The van der Waals surface area contributed by atoms with E-state index >= 15 is 0 Å². The molecule has 0 aliphatic heterocycles. The van der Waals surface area contributed by atoms with Gasteiger partial charge in [-0.1, -0.05) is 37.6 Å². The smallest absolute Gasteiger partial charge is 0.308 e. The molecule has 1 heterocycles. The number of rotatable bonds is 9. The van der Waals surface area contributed by atoms with Crippen LogP contribution in [0.3, 0.4) is 0 Å². The minimum Gasteiger partial charge on any atom is -0.469 e. The Morgan fingerprint density at radius 2 is 2.27 bits per heavy atom. The van der Waals surface area contributed by atoms with Crippen LogP contribution < -0.4 is 0 Å². The van der Waals surface area contributed by atoms with E-state index in [4.69, 9.17) is 4.74 Å². The number of carbonyl (C=O) groups excluding carboxylic acids is 1. The van der Waals surface area contributed by atoms with Crippen molar-refractivity contribution in [2.45, 2.75) is 58.6 Å². The molecule has 0 radical (unpaired) electrons. The first-order valence-electron chi connectivity index (χ1n) is 9.31. The maximum absolute atomic E-state index is 11.7. The molecule has 4 atom stereocenters. The molecule has 1 aliphatic carbocycles. The summed E-state index contributed by atoms with van der Waals surface area (Å²) in [4.78, 5) is 15.7. The number of aliphatic hydroxyl groups is 1. The predicted molar refractivity (Wildman–Crippen MR) is 100 cm³/mol. The van der Waals surface area contributed by atoms with Gasteiger partial charge in [0.2, 0.25) is 0 Å². The van der Waals surface area contributed by atoms with Gasteiger partial charge in [-0.15, -0.1) is 0 Å². The van der Waals surface area contributed by atoms with Gasteiger partial charge in [0, 0.05) is 0 Å². The summed E-state index contributed by atoms with van der Waals surface area (Å²) in [6.07, 6.45) is 13.0. The second kappa shape index (κ2) is 9.12. The number of aromatic nitrogens is 3. The standard InChI is InChI=1S/C20H31N3O3/c1-15-6-5-7-17(10-15)11-18(9-8-16(2)19(24)26-4)20(3,25)12-23-14-21-13-22-23/h5,7,10,13-16,18,25H,6,8-9,11-12H2,1-4H3. The highest BCUT2D eigenvalue weighted by Gasteiger charge is 2.34. The van der Waals surface area contributed by atoms with Gasteiger partial charge in [-0.25, -0.2) is 4.98 Å². The summed E-state index contributed by atoms with van der Waals surface area (Å²) in [5, 5.41) is 15.3. The van der Waals surface area contributed by atoms with E-state index in [1.807, 2.05) is 13.8 Å². The van der Waals surface area contributed by atoms with Gasteiger partial charge in [-0.3, -0.25) is 9.48 Å². The van der Waals surface area contributed by atoms with Crippen LogP contribution in [0, 0.1) is 17.8 Å². The highest BCUT2D eigenvalue weighted by molar-refractivity contribution is 5.71. The van der Waals surface area contributed by atoms with Gasteiger partial charge in [0.05, 0.1) is 25.2 Å². The molecule has 0 fully saturated rings. The summed E-state index contributed by atoms with van der Waals surface area (Å²) < 4.78 is 6.49. The Morgan fingerprint density at radius 3 is 2.88 bits per heavy atom. The summed E-state index contributed by atoms with van der Waals surface area (Å²) in [5.41, 5.74) is 0.289. The molecule has 0 amide bonds. The van der Waals surface area contributed by atoms with E-state index in [0.29, 0.717) is 18.9 Å². The van der Waals surface area contributed by atoms with Crippen LogP contribution in [-0.4, -0.2) is 38.6 Å². The first-order valence-corrected chi connectivity index (χ1v) is 9.31. The van der Waals surface area contributed by atoms with Crippen molar-refractivity contribution >= 4 is 5.97 Å². The molecule has 6 heteroatoms. The highest BCUT2D eigenvalue weighted by atomic mass is 16.5. The van der Waals surface area contributed by atoms with Crippen LogP contribution in [0.1, 0.15) is 46.5 Å². The van der Waals surface area contributed by atoms with Crippen LogP contribution in [0.25, 0.3) is 0 Å². The molecule has 0 bridgehead atoms. The molecule has 1 aromatic heterocycles. The minimum absolute atomic E-state index is 0.00000567. The summed E-state index contributed by atoms with van der Waals surface area (Å²) in [6, 6.07) is 0. The van der Waals surface area contributed by atoms with Gasteiger partial charge < -0.3 is 9.84 Å². The molecule has 1 aromatic rings. The van der Waals surface area contributed by atoms with Crippen molar-refractivity contribution in [1.82, 2.24) is 14.8 Å². The molecule has 2 rings (SSSR count). The molecule has 0 spiro atoms. The molecular formula is C20H31N3O3. The van der Waals surface area contributed by atoms with Crippen molar-refractivity contribution < 1.29 is 14.6 Å². The average Bonchev–Trinajstić information content (AvgIpc) is 3.09. The van der Waals surface area contributed by atoms with Gasteiger partial charge >= 0.3 is 5.97 Å². The normalized spacial score (nSPS) is 21.6. The minimum atomic E-state index is -0.959. The van der Waals surface area contributed by atoms with Crippen LogP contribution in [0.4, 0.5) is 0 Å². The molecule has 1 N–H and O–H groups in total. The molecule has 4 unspecified atom stereocenters. The fraction of sp³-hybridized carbons (Fsp3) is 0.650. The summed E-state index contributed by atoms with van der Waals surface area (Å²) in [7, 11) is 1.41. The first kappa shape index (κ1) is 20.4. The highest BCUT2D eigenvalue weighted by Crippen LogP contribution is 2.33. The number of carbonyl (C=O) groups is 1. The van der Waals surface area contributed by atoms with E-state index in [1.165, 1.54) is 19.0 Å². The lowest BCUT2D eigenvalue weighted by atomic mass is 9.78. The third-order valence-electron chi connectivity index (χ3n) is 5.20. The second-order valence-electron chi connectivity index (χ2n) is 7.71. The number of methoxy groups -OCH3 is 1. The Labute approximate surface area is 156 Å². The van der Waals surface area contributed by atoms with Crippen LogP contribution in [-0.2, 0) is 16.1 Å². The number of esters is 1. The second-order valence-corrected chi connectivity index (χ2v) is 7.71. The summed E-state index contributed by atoms with van der Waals surface area (Å²) in [6.45, 7) is 6.29. The number of ether oxygens (including phenoxy) is 1. The van der Waals surface area contributed by atoms with Gasteiger partial charge in [0.1, 0.15) is 12.7 Å². The van der Waals surface area contributed by atoms with Gasteiger partial charge in [0.25, 0.3) is 0 Å². The molecule has 1 aliphatic rings. The van der Waals surface area contributed by atoms with E-state index in [0.717, 1.165) is 19.3 Å². The van der Waals surface area contributed by atoms with Crippen molar-refractivity contribution in [2.75, 3.05) is 7.11 Å². The van der Waals surface area contributed by atoms with Crippen LogP contribution in [0.15, 0.2) is 36.5 Å². The SMILES string of the molecule is COC(=O)C(C)CCC(CC1=CC(C)CC=C1)C(C)(O)Cn1cncn1. The molecule has 26 heavy (non-hydrogen) atoms. The van der Waals surface area contributed by atoms with Crippen molar-refractivity contribution in [3.63, 3.8) is 0 Å². The fourth-order valence-electron chi connectivity index (χ4n) is 3.52. The molecule has 144 valence electrons. The molecule has 0 saturated heterocycles. The third kappa shape index (κ3) is 5.80. The average molecular weight is 361 g/mol. The van der Waals surface area contributed by atoms with Crippen LogP contribution >= 0.6 is 0 Å². The van der Waals surface area contributed by atoms with Crippen LogP contribution in [0.5, 0.6) is 0 Å². The van der Waals surface area contributed by atoms with E-state index in [9.17, 15) is 9.90 Å². The summed E-state index contributed by atoms with van der Waals surface area (Å²) in [5.74, 6) is 0.134. The zero-order valence-electron chi connectivity index (χ0n) is 16.3. The largest absolute Gasteiger partial charge is 0.469 e. The lowest BCUT2D eigenvalue weighted by Crippen LogP contribution is -2.40.